The third kappa shape index (κ3) is 3.04. The molecule has 0 aromatic carbocycles. The Balaban J connectivity index is 1.99. The number of esters is 1. The first-order valence-electron chi connectivity index (χ1n) is 7.41. The molecule has 0 radical (unpaired) electrons. The van der Waals surface area contributed by atoms with E-state index in [2.05, 4.69) is 16.7 Å². The lowest BCUT2D eigenvalue weighted by Crippen LogP contribution is -2.46. The summed E-state index contributed by atoms with van der Waals surface area (Å²) < 4.78 is 5.21. The van der Waals surface area contributed by atoms with Crippen molar-refractivity contribution < 1.29 is 9.53 Å². The molecular weight excluding hydrogens is 228 g/mol. The van der Waals surface area contributed by atoms with Gasteiger partial charge in [-0.3, -0.25) is 14.6 Å². The van der Waals surface area contributed by atoms with E-state index in [4.69, 9.17) is 4.74 Å². The van der Waals surface area contributed by atoms with Gasteiger partial charge in [0.2, 0.25) is 0 Å². The summed E-state index contributed by atoms with van der Waals surface area (Å²) in [5.74, 6) is -0.0357. The average Bonchev–Trinajstić information content (AvgIpc) is 2.69. The minimum absolute atomic E-state index is 0.0357. The van der Waals surface area contributed by atoms with Gasteiger partial charge in [0.05, 0.1) is 6.61 Å². The van der Waals surface area contributed by atoms with E-state index in [0.29, 0.717) is 12.6 Å². The number of carbonyl (C=O) groups excluding carboxylic acids is 1. The van der Waals surface area contributed by atoms with Gasteiger partial charge in [0, 0.05) is 19.1 Å². The van der Waals surface area contributed by atoms with E-state index in [0.717, 1.165) is 19.5 Å². The molecule has 2 saturated heterocycles. The Morgan fingerprint density at radius 3 is 2.78 bits per heavy atom. The Kier molecular flexibility index (Phi) is 5.01. The largest absolute Gasteiger partial charge is 0.465 e. The summed E-state index contributed by atoms with van der Waals surface area (Å²) in [6, 6.07) is 0.626. The minimum Gasteiger partial charge on any atom is -0.465 e. The fourth-order valence-electron chi connectivity index (χ4n) is 3.33. The van der Waals surface area contributed by atoms with E-state index < -0.39 is 0 Å². The van der Waals surface area contributed by atoms with Crippen molar-refractivity contribution in [2.24, 2.45) is 0 Å². The monoisotopic (exact) mass is 254 g/mol. The van der Waals surface area contributed by atoms with E-state index in [-0.39, 0.29) is 12.0 Å². The van der Waals surface area contributed by atoms with E-state index in [1.54, 1.807) is 0 Å². The Bertz CT molecular complexity index is 283. The Morgan fingerprint density at radius 2 is 2.06 bits per heavy atom. The molecule has 0 amide bonds. The van der Waals surface area contributed by atoms with Crippen LogP contribution in [0.3, 0.4) is 0 Å². The summed E-state index contributed by atoms with van der Waals surface area (Å²) in [7, 11) is 0. The predicted octanol–water partition coefficient (Wildman–Crippen LogP) is 1.50. The quantitative estimate of drug-likeness (QED) is 0.712. The zero-order valence-electron chi connectivity index (χ0n) is 11.7. The Morgan fingerprint density at radius 1 is 1.28 bits per heavy atom. The molecule has 0 spiro atoms. The molecule has 4 nitrogen and oxygen atoms in total. The van der Waals surface area contributed by atoms with Crippen LogP contribution in [-0.2, 0) is 9.53 Å². The maximum absolute atomic E-state index is 12.0. The van der Waals surface area contributed by atoms with Gasteiger partial charge in [0.25, 0.3) is 0 Å². The van der Waals surface area contributed by atoms with Crippen molar-refractivity contribution in [1.82, 2.24) is 9.80 Å². The van der Waals surface area contributed by atoms with E-state index >= 15 is 0 Å². The van der Waals surface area contributed by atoms with Gasteiger partial charge in [-0.25, -0.2) is 0 Å². The third-order valence-corrected chi connectivity index (χ3v) is 4.22. The molecule has 0 bridgehead atoms. The molecular formula is C14H26N2O2. The molecule has 0 saturated carbocycles. The number of ether oxygens (including phenoxy) is 1. The number of hydrogen-bond acceptors (Lipinski definition) is 4. The minimum atomic E-state index is -0.0366. The van der Waals surface area contributed by atoms with E-state index in [9.17, 15) is 4.79 Å². The molecule has 2 heterocycles. The topological polar surface area (TPSA) is 32.8 Å². The fourth-order valence-corrected chi connectivity index (χ4v) is 3.33. The second-order valence-electron chi connectivity index (χ2n) is 5.36. The highest BCUT2D eigenvalue weighted by Gasteiger charge is 2.33. The summed E-state index contributed by atoms with van der Waals surface area (Å²) in [6.07, 6.45) is 4.63. The predicted molar refractivity (Wildman–Crippen MR) is 71.5 cm³/mol. The standard InChI is InChI=1S/C14H26N2O2/c1-3-13(14(17)18-4-2)16-10-6-9-15-8-5-7-12(15)11-16/h12-13H,3-11H2,1-2H3. The summed E-state index contributed by atoms with van der Waals surface area (Å²) in [4.78, 5) is 17.0. The van der Waals surface area contributed by atoms with Crippen LogP contribution in [0.5, 0.6) is 0 Å². The van der Waals surface area contributed by atoms with Crippen LogP contribution < -0.4 is 0 Å². The van der Waals surface area contributed by atoms with Crippen LogP contribution in [0.25, 0.3) is 0 Å². The van der Waals surface area contributed by atoms with Crippen LogP contribution in [0, 0.1) is 0 Å². The van der Waals surface area contributed by atoms with Gasteiger partial charge in [-0.05, 0) is 45.7 Å². The Labute approximate surface area is 110 Å². The lowest BCUT2D eigenvalue weighted by molar-refractivity contribution is -0.149. The molecule has 2 fully saturated rings. The summed E-state index contributed by atoms with van der Waals surface area (Å²) >= 11 is 0. The second kappa shape index (κ2) is 6.53. The maximum atomic E-state index is 12.0. The SMILES string of the molecule is CCOC(=O)C(CC)N1CCCN2CCCC2C1. The van der Waals surface area contributed by atoms with Crippen molar-refractivity contribution in [1.29, 1.82) is 0 Å². The van der Waals surface area contributed by atoms with Crippen molar-refractivity contribution in [3.63, 3.8) is 0 Å². The van der Waals surface area contributed by atoms with Gasteiger partial charge in [-0.15, -0.1) is 0 Å². The van der Waals surface area contributed by atoms with Crippen LogP contribution in [0.2, 0.25) is 0 Å². The van der Waals surface area contributed by atoms with E-state index in [1.165, 1.54) is 32.4 Å². The molecule has 104 valence electrons. The first kappa shape index (κ1) is 13.8. The lowest BCUT2D eigenvalue weighted by atomic mass is 10.1. The van der Waals surface area contributed by atoms with Crippen molar-refractivity contribution in [2.45, 2.75) is 51.6 Å². The van der Waals surface area contributed by atoms with Crippen LogP contribution >= 0.6 is 0 Å². The number of rotatable bonds is 4. The molecule has 2 aliphatic heterocycles. The van der Waals surface area contributed by atoms with Crippen molar-refractivity contribution in [3.8, 4) is 0 Å². The normalized spacial score (nSPS) is 27.6. The van der Waals surface area contributed by atoms with Gasteiger partial charge in [-0.1, -0.05) is 6.92 Å². The average molecular weight is 254 g/mol. The number of hydrogen-bond donors (Lipinski definition) is 0. The number of fused-ring (bicyclic) bond motifs is 1. The molecule has 0 aromatic rings. The molecule has 0 aromatic heterocycles. The van der Waals surface area contributed by atoms with E-state index in [1.807, 2.05) is 6.92 Å². The summed E-state index contributed by atoms with van der Waals surface area (Å²) in [5.41, 5.74) is 0. The van der Waals surface area contributed by atoms with Gasteiger partial charge >= 0.3 is 5.97 Å². The smallest absolute Gasteiger partial charge is 0.323 e. The highest BCUT2D eigenvalue weighted by molar-refractivity contribution is 5.75. The number of nitrogens with zero attached hydrogens (tertiary/aromatic N) is 2. The molecule has 0 aliphatic carbocycles. The van der Waals surface area contributed by atoms with Gasteiger partial charge in [0.15, 0.2) is 0 Å². The Hall–Kier alpha value is -0.610. The third-order valence-electron chi connectivity index (χ3n) is 4.22. The lowest BCUT2D eigenvalue weighted by Gasteiger charge is -2.30. The zero-order valence-corrected chi connectivity index (χ0v) is 11.7. The maximum Gasteiger partial charge on any atom is 0.323 e. The van der Waals surface area contributed by atoms with Crippen molar-refractivity contribution in [2.75, 3.05) is 32.8 Å². The fraction of sp³-hybridized carbons (Fsp3) is 0.929. The molecule has 0 N–H and O–H groups in total. The molecule has 2 atom stereocenters. The molecule has 2 aliphatic rings. The van der Waals surface area contributed by atoms with Crippen molar-refractivity contribution in [3.05, 3.63) is 0 Å². The molecule has 4 heteroatoms. The van der Waals surface area contributed by atoms with Gasteiger partial charge < -0.3 is 4.74 Å². The van der Waals surface area contributed by atoms with Crippen LogP contribution in [0.1, 0.15) is 39.5 Å². The highest BCUT2D eigenvalue weighted by Crippen LogP contribution is 2.23. The molecule has 18 heavy (non-hydrogen) atoms. The second-order valence-corrected chi connectivity index (χ2v) is 5.36. The van der Waals surface area contributed by atoms with Crippen LogP contribution in [0.4, 0.5) is 0 Å². The summed E-state index contributed by atoms with van der Waals surface area (Å²) in [6.45, 7) is 8.96. The number of carbonyl (C=O) groups is 1. The first-order chi connectivity index (χ1) is 8.76. The summed E-state index contributed by atoms with van der Waals surface area (Å²) in [5, 5.41) is 0. The van der Waals surface area contributed by atoms with Crippen molar-refractivity contribution >= 4 is 5.97 Å². The molecule has 2 rings (SSSR count). The first-order valence-corrected chi connectivity index (χ1v) is 7.41. The zero-order chi connectivity index (χ0) is 13.0. The van der Waals surface area contributed by atoms with Gasteiger partial charge in [0.1, 0.15) is 6.04 Å². The van der Waals surface area contributed by atoms with Crippen LogP contribution in [0.15, 0.2) is 0 Å². The van der Waals surface area contributed by atoms with Gasteiger partial charge in [-0.2, -0.15) is 0 Å². The highest BCUT2D eigenvalue weighted by atomic mass is 16.5. The van der Waals surface area contributed by atoms with Crippen LogP contribution in [-0.4, -0.2) is 60.6 Å². The molecule has 2 unspecified atom stereocenters.